The Hall–Kier alpha value is -1.30. The number of carbonyl (C=O) groups excluding carboxylic acids is 1. The number of piperazine rings is 1. The molecule has 1 aromatic carbocycles. The Morgan fingerprint density at radius 1 is 1.32 bits per heavy atom. The number of nitrogens with one attached hydrogen (secondary N) is 1. The Kier molecular flexibility index (Phi) is 6.49. The first kappa shape index (κ1) is 17.1. The summed E-state index contributed by atoms with van der Waals surface area (Å²) >= 11 is 5.68. The van der Waals surface area contributed by atoms with Crippen LogP contribution in [0.5, 0.6) is 0 Å². The zero-order valence-corrected chi connectivity index (χ0v) is 14.0. The van der Waals surface area contributed by atoms with Crippen molar-refractivity contribution in [2.24, 2.45) is 0 Å². The molecule has 6 heteroatoms. The highest BCUT2D eigenvalue weighted by Gasteiger charge is 2.17. The number of methoxy groups -OCH3 is 1. The third-order valence-electron chi connectivity index (χ3n) is 3.92. The molecule has 0 saturated carbocycles. The molecule has 0 radical (unpaired) electrons. The quantitative estimate of drug-likeness (QED) is 0.615. The summed E-state index contributed by atoms with van der Waals surface area (Å²) in [6, 6.07) is 5.80. The predicted octanol–water partition coefficient (Wildman–Crippen LogP) is 2.27. The highest BCUT2D eigenvalue weighted by molar-refractivity contribution is 6.68. The van der Waals surface area contributed by atoms with Gasteiger partial charge < -0.3 is 19.9 Å². The molecule has 1 fully saturated rings. The average molecular weight is 326 g/mol. The molecule has 1 heterocycles. The van der Waals surface area contributed by atoms with Crippen molar-refractivity contribution < 1.29 is 9.53 Å². The number of hydrogen-bond donors (Lipinski definition) is 1. The van der Waals surface area contributed by atoms with Crippen LogP contribution in [-0.4, -0.2) is 63.6 Å². The number of anilines is 2. The van der Waals surface area contributed by atoms with Crippen LogP contribution in [0.25, 0.3) is 0 Å². The highest BCUT2D eigenvalue weighted by atomic mass is 35.5. The number of ether oxygens (including phenoxy) is 1. The van der Waals surface area contributed by atoms with Gasteiger partial charge in [0.25, 0.3) is 5.24 Å². The molecule has 122 valence electrons. The standard InChI is InChI=1S/C16H24ClN3O2/c1-19-7-9-20(10-8-19)13-4-5-14(16(17)21)15(12-13)18-6-3-11-22-2/h4-5,12,18H,3,6-11H2,1-2H3. The topological polar surface area (TPSA) is 44.8 Å². The van der Waals surface area contributed by atoms with Gasteiger partial charge in [-0.1, -0.05) is 0 Å². The average Bonchev–Trinajstić information content (AvgIpc) is 2.52. The van der Waals surface area contributed by atoms with Crippen molar-refractivity contribution in [3.8, 4) is 0 Å². The summed E-state index contributed by atoms with van der Waals surface area (Å²) in [4.78, 5) is 16.2. The molecule has 1 aliphatic rings. The smallest absolute Gasteiger partial charge is 0.254 e. The van der Waals surface area contributed by atoms with Crippen molar-refractivity contribution in [1.29, 1.82) is 0 Å². The van der Waals surface area contributed by atoms with Crippen molar-refractivity contribution in [3.05, 3.63) is 23.8 Å². The van der Waals surface area contributed by atoms with Crippen molar-refractivity contribution in [2.75, 3.05) is 63.7 Å². The van der Waals surface area contributed by atoms with Crippen molar-refractivity contribution in [1.82, 2.24) is 4.90 Å². The molecular weight excluding hydrogens is 302 g/mol. The van der Waals surface area contributed by atoms with Gasteiger partial charge in [-0.15, -0.1) is 0 Å². The zero-order chi connectivity index (χ0) is 15.9. The number of benzene rings is 1. The molecule has 0 aliphatic carbocycles. The van der Waals surface area contributed by atoms with E-state index in [1.165, 1.54) is 0 Å². The molecule has 1 N–H and O–H groups in total. The van der Waals surface area contributed by atoms with Gasteiger partial charge in [0.15, 0.2) is 0 Å². The van der Waals surface area contributed by atoms with Crippen molar-refractivity contribution >= 4 is 28.2 Å². The van der Waals surface area contributed by atoms with Gasteiger partial charge in [0.05, 0.1) is 5.56 Å². The van der Waals surface area contributed by atoms with E-state index in [-0.39, 0.29) is 0 Å². The summed E-state index contributed by atoms with van der Waals surface area (Å²) < 4.78 is 5.04. The Labute approximate surface area is 137 Å². The van der Waals surface area contributed by atoms with Crippen LogP contribution in [0.4, 0.5) is 11.4 Å². The highest BCUT2D eigenvalue weighted by Crippen LogP contribution is 2.26. The van der Waals surface area contributed by atoms with Crippen LogP contribution in [-0.2, 0) is 4.74 Å². The van der Waals surface area contributed by atoms with Crippen LogP contribution in [0.15, 0.2) is 18.2 Å². The SMILES string of the molecule is COCCCNc1cc(N2CCN(C)CC2)ccc1C(=O)Cl. The maximum Gasteiger partial charge on any atom is 0.254 e. The van der Waals surface area contributed by atoms with Gasteiger partial charge in [0.1, 0.15) is 0 Å². The van der Waals surface area contributed by atoms with Crippen LogP contribution in [0.1, 0.15) is 16.8 Å². The fourth-order valence-corrected chi connectivity index (χ4v) is 2.72. The Bertz CT molecular complexity index is 502. The van der Waals surface area contributed by atoms with Gasteiger partial charge in [-0.2, -0.15) is 0 Å². The van der Waals surface area contributed by atoms with Gasteiger partial charge in [0.2, 0.25) is 0 Å². The minimum atomic E-state index is -0.431. The molecule has 0 spiro atoms. The summed E-state index contributed by atoms with van der Waals surface area (Å²) in [7, 11) is 3.82. The first-order chi connectivity index (χ1) is 10.6. The van der Waals surface area contributed by atoms with Crippen LogP contribution in [0.2, 0.25) is 0 Å². The molecule has 22 heavy (non-hydrogen) atoms. The van der Waals surface area contributed by atoms with Crippen LogP contribution in [0.3, 0.4) is 0 Å². The predicted molar refractivity (Wildman–Crippen MR) is 91.3 cm³/mol. The maximum atomic E-state index is 11.6. The Morgan fingerprint density at radius 2 is 2.05 bits per heavy atom. The lowest BCUT2D eigenvalue weighted by Gasteiger charge is -2.34. The molecule has 5 nitrogen and oxygen atoms in total. The lowest BCUT2D eigenvalue weighted by molar-refractivity contribution is 0.108. The largest absolute Gasteiger partial charge is 0.385 e. The molecule has 1 saturated heterocycles. The number of halogens is 1. The summed E-state index contributed by atoms with van der Waals surface area (Å²) in [6.45, 7) is 5.52. The minimum Gasteiger partial charge on any atom is -0.385 e. The second kappa shape index (κ2) is 8.36. The van der Waals surface area contributed by atoms with E-state index in [9.17, 15) is 4.79 Å². The van der Waals surface area contributed by atoms with Crippen LogP contribution < -0.4 is 10.2 Å². The molecule has 0 amide bonds. The number of carbonyl (C=O) groups is 1. The van der Waals surface area contributed by atoms with Gasteiger partial charge in [-0.25, -0.2) is 0 Å². The lowest BCUT2D eigenvalue weighted by Crippen LogP contribution is -2.44. The second-order valence-electron chi connectivity index (χ2n) is 5.57. The van der Waals surface area contributed by atoms with Crippen molar-refractivity contribution in [2.45, 2.75) is 6.42 Å². The van der Waals surface area contributed by atoms with E-state index in [2.05, 4.69) is 22.2 Å². The van der Waals surface area contributed by atoms with Crippen LogP contribution >= 0.6 is 11.6 Å². The molecule has 1 aromatic rings. The summed E-state index contributed by atoms with van der Waals surface area (Å²) in [5, 5.41) is 2.86. The monoisotopic (exact) mass is 325 g/mol. The van der Waals surface area contributed by atoms with Crippen LogP contribution in [0, 0.1) is 0 Å². The summed E-state index contributed by atoms with van der Waals surface area (Å²) in [5.74, 6) is 0. The van der Waals surface area contributed by atoms with Gasteiger partial charge in [-0.3, -0.25) is 4.79 Å². The first-order valence-electron chi connectivity index (χ1n) is 7.62. The van der Waals surface area contributed by atoms with Gasteiger partial charge in [-0.05, 0) is 43.3 Å². The number of rotatable bonds is 7. The Morgan fingerprint density at radius 3 is 2.68 bits per heavy atom. The number of likely N-dealkylation sites (N-methyl/N-ethyl adjacent to an activating group) is 1. The van der Waals surface area contributed by atoms with E-state index in [1.807, 2.05) is 18.2 Å². The third-order valence-corrected chi connectivity index (χ3v) is 4.13. The van der Waals surface area contributed by atoms with E-state index in [4.69, 9.17) is 16.3 Å². The summed E-state index contributed by atoms with van der Waals surface area (Å²) in [6.07, 6.45) is 0.880. The fourth-order valence-electron chi connectivity index (χ4n) is 2.55. The molecule has 0 atom stereocenters. The lowest BCUT2D eigenvalue weighted by atomic mass is 10.1. The van der Waals surface area contributed by atoms with E-state index >= 15 is 0 Å². The maximum absolute atomic E-state index is 11.6. The molecule has 1 aliphatic heterocycles. The zero-order valence-electron chi connectivity index (χ0n) is 13.3. The molecule has 0 bridgehead atoms. The fraction of sp³-hybridized carbons (Fsp3) is 0.562. The van der Waals surface area contributed by atoms with Gasteiger partial charge in [0, 0.05) is 57.8 Å². The van der Waals surface area contributed by atoms with E-state index in [1.54, 1.807) is 7.11 Å². The third kappa shape index (κ3) is 4.60. The summed E-state index contributed by atoms with van der Waals surface area (Å²) in [5.41, 5.74) is 2.45. The van der Waals surface area contributed by atoms with Gasteiger partial charge >= 0.3 is 0 Å². The van der Waals surface area contributed by atoms with E-state index in [0.29, 0.717) is 12.2 Å². The minimum absolute atomic E-state index is 0.431. The number of hydrogen-bond acceptors (Lipinski definition) is 5. The second-order valence-corrected chi connectivity index (χ2v) is 5.91. The van der Waals surface area contributed by atoms with Crippen molar-refractivity contribution in [3.63, 3.8) is 0 Å². The number of nitrogens with zero attached hydrogens (tertiary/aromatic N) is 2. The molecule has 0 aromatic heterocycles. The normalized spacial score (nSPS) is 15.9. The van der Waals surface area contributed by atoms with E-state index in [0.717, 1.165) is 50.5 Å². The molecule has 0 unspecified atom stereocenters. The van der Waals surface area contributed by atoms with E-state index < -0.39 is 5.24 Å². The molecular formula is C16H24ClN3O2. The Balaban J connectivity index is 2.10. The first-order valence-corrected chi connectivity index (χ1v) is 8.00. The molecule has 2 rings (SSSR count).